The van der Waals surface area contributed by atoms with E-state index in [1.54, 1.807) is 10.8 Å². The van der Waals surface area contributed by atoms with Gasteiger partial charge in [-0.1, -0.05) is 60.3 Å². The van der Waals surface area contributed by atoms with E-state index in [9.17, 15) is 14.4 Å². The Morgan fingerprint density at radius 3 is 2.42 bits per heavy atom. The van der Waals surface area contributed by atoms with Gasteiger partial charge in [-0.15, -0.1) is 0 Å². The largest absolute Gasteiger partial charge is 0.481 e. The van der Waals surface area contributed by atoms with Gasteiger partial charge in [-0.25, -0.2) is 0 Å². The number of imide groups is 1. The molecule has 0 saturated carbocycles. The Kier molecular flexibility index (Phi) is 7.00. The van der Waals surface area contributed by atoms with E-state index in [-0.39, 0.29) is 24.6 Å². The molecule has 9 heteroatoms. The summed E-state index contributed by atoms with van der Waals surface area (Å²) in [4.78, 5) is 38.6. The Bertz CT molecular complexity index is 1220. The highest BCUT2D eigenvalue weighted by Crippen LogP contribution is 2.40. The number of carboxylic acid groups (broad SMARTS) is 1. The van der Waals surface area contributed by atoms with E-state index in [0.29, 0.717) is 10.6 Å². The predicted molar refractivity (Wildman–Crippen MR) is 129 cm³/mol. The number of aliphatic carboxylic acids is 1. The normalized spacial score (nSPS) is 14.9. The Hall–Kier alpha value is -3.30. The molecule has 0 aliphatic carbocycles. The second-order valence-corrected chi connectivity index (χ2v) is 9.36. The summed E-state index contributed by atoms with van der Waals surface area (Å²) in [5, 5.41) is 14.0. The molecule has 3 aromatic rings. The van der Waals surface area contributed by atoms with Crippen LogP contribution < -0.4 is 0 Å². The predicted octanol–water partition coefficient (Wildman–Crippen LogP) is 5.14. The van der Waals surface area contributed by atoms with Gasteiger partial charge in [0.25, 0.3) is 11.1 Å². The second kappa shape index (κ2) is 10.1. The Morgan fingerprint density at radius 2 is 1.76 bits per heavy atom. The quantitative estimate of drug-likeness (QED) is 0.447. The molecule has 0 atom stereocenters. The summed E-state index contributed by atoms with van der Waals surface area (Å²) in [5.74, 6) is -1.36. The fraction of sp³-hybridized carbons (Fsp3) is 0.167. The number of rotatable bonds is 8. The van der Waals surface area contributed by atoms with Crippen molar-refractivity contribution < 1.29 is 19.5 Å². The van der Waals surface area contributed by atoms with E-state index in [4.69, 9.17) is 10.2 Å². The smallest absolute Gasteiger partial charge is 0.303 e. The van der Waals surface area contributed by atoms with Crippen LogP contribution in [0.5, 0.6) is 0 Å². The summed E-state index contributed by atoms with van der Waals surface area (Å²) >= 11 is 2.40. The third-order valence-corrected chi connectivity index (χ3v) is 7.05. The fourth-order valence-corrected chi connectivity index (χ4v) is 5.20. The minimum atomic E-state index is -0.956. The highest BCUT2D eigenvalue weighted by molar-refractivity contribution is 8.18. The number of carbonyl (C=O) groups excluding carboxylic acids is 2. The molecule has 1 N–H and O–H groups in total. The van der Waals surface area contributed by atoms with Crippen LogP contribution in [0.15, 0.2) is 75.5 Å². The summed E-state index contributed by atoms with van der Waals surface area (Å²) < 4.78 is 1.78. The molecule has 1 aliphatic rings. The van der Waals surface area contributed by atoms with Crippen LogP contribution >= 0.6 is 23.5 Å². The van der Waals surface area contributed by atoms with Gasteiger partial charge < -0.3 is 5.11 Å². The lowest BCUT2D eigenvalue weighted by Crippen LogP contribution is -2.29. The van der Waals surface area contributed by atoms with Gasteiger partial charge in [-0.2, -0.15) is 5.10 Å². The zero-order chi connectivity index (χ0) is 23.4. The molecular formula is C24H21N3O4S2. The van der Waals surface area contributed by atoms with Gasteiger partial charge in [0.05, 0.1) is 4.91 Å². The van der Waals surface area contributed by atoms with E-state index in [2.05, 4.69) is 0 Å². The third-order valence-electron chi connectivity index (χ3n) is 4.96. The first-order chi connectivity index (χ1) is 15.9. The van der Waals surface area contributed by atoms with E-state index in [0.717, 1.165) is 37.7 Å². The fourth-order valence-electron chi connectivity index (χ4n) is 3.40. The monoisotopic (exact) mass is 479 g/mol. The standard InChI is InChI=1S/C24H21N3O4S2/c1-26-23(32-17-11-6-3-7-12-17)18(21(25-26)16-9-4-2-5-10-16)15-19-22(30)27(24(31)33-19)14-8-13-20(28)29/h2-7,9-12,15H,8,13-14H2,1H3,(H,28,29)/b19-15-. The molecule has 7 nitrogen and oxygen atoms in total. The van der Waals surface area contributed by atoms with Gasteiger partial charge in [0.15, 0.2) is 0 Å². The van der Waals surface area contributed by atoms with Crippen molar-refractivity contribution in [3.8, 4) is 11.3 Å². The topological polar surface area (TPSA) is 92.5 Å². The minimum Gasteiger partial charge on any atom is -0.481 e. The second-order valence-electron chi connectivity index (χ2n) is 7.30. The summed E-state index contributed by atoms with van der Waals surface area (Å²) in [5.41, 5.74) is 2.38. The SMILES string of the molecule is Cn1nc(-c2ccccc2)c(/C=C2\SC(=O)N(CCCC(=O)O)C2=O)c1Sc1ccccc1. The lowest BCUT2D eigenvalue weighted by atomic mass is 10.1. The minimum absolute atomic E-state index is 0.0819. The molecule has 2 amide bonds. The van der Waals surface area contributed by atoms with Crippen LogP contribution in [-0.4, -0.2) is 43.4 Å². The average molecular weight is 480 g/mol. The van der Waals surface area contributed by atoms with Crippen molar-refractivity contribution in [3.63, 3.8) is 0 Å². The molecule has 0 unspecified atom stereocenters. The molecular weight excluding hydrogens is 458 g/mol. The molecule has 1 aromatic heterocycles. The Morgan fingerprint density at radius 1 is 1.09 bits per heavy atom. The molecule has 168 valence electrons. The van der Waals surface area contributed by atoms with Crippen molar-refractivity contribution in [2.24, 2.45) is 7.05 Å². The number of thioether (sulfide) groups is 1. The molecule has 4 rings (SSSR count). The molecule has 1 aliphatic heterocycles. The summed E-state index contributed by atoms with van der Waals surface area (Å²) in [7, 11) is 1.85. The molecule has 0 bridgehead atoms. The van der Waals surface area contributed by atoms with Gasteiger partial charge in [0.2, 0.25) is 0 Å². The molecule has 1 fully saturated rings. The van der Waals surface area contributed by atoms with Gasteiger partial charge in [-0.05, 0) is 36.4 Å². The number of carboxylic acids is 1. The first kappa shape index (κ1) is 22.9. The van der Waals surface area contributed by atoms with E-state index in [1.807, 2.05) is 67.7 Å². The number of hydrogen-bond acceptors (Lipinski definition) is 6. The molecule has 33 heavy (non-hydrogen) atoms. The number of aryl methyl sites for hydroxylation is 1. The first-order valence-corrected chi connectivity index (χ1v) is 11.9. The van der Waals surface area contributed by atoms with Crippen LogP contribution in [0.4, 0.5) is 4.79 Å². The van der Waals surface area contributed by atoms with Gasteiger partial charge in [0, 0.05) is 36.0 Å². The number of amides is 2. The maximum Gasteiger partial charge on any atom is 0.303 e. The van der Waals surface area contributed by atoms with Crippen LogP contribution in [0.2, 0.25) is 0 Å². The van der Waals surface area contributed by atoms with Crippen LogP contribution in [0.3, 0.4) is 0 Å². The van der Waals surface area contributed by atoms with Crippen molar-refractivity contribution >= 4 is 46.7 Å². The zero-order valence-corrected chi connectivity index (χ0v) is 19.4. The number of benzene rings is 2. The number of hydrogen-bond donors (Lipinski definition) is 1. The lowest BCUT2D eigenvalue weighted by molar-refractivity contribution is -0.137. The zero-order valence-electron chi connectivity index (χ0n) is 17.8. The third kappa shape index (κ3) is 5.20. The van der Waals surface area contributed by atoms with Crippen LogP contribution in [0.1, 0.15) is 18.4 Å². The number of carbonyl (C=O) groups is 3. The van der Waals surface area contributed by atoms with Crippen molar-refractivity contribution in [3.05, 3.63) is 71.1 Å². The van der Waals surface area contributed by atoms with E-state index >= 15 is 0 Å². The Balaban J connectivity index is 1.72. The number of nitrogens with zero attached hydrogens (tertiary/aromatic N) is 3. The van der Waals surface area contributed by atoms with Crippen LogP contribution in [-0.2, 0) is 16.6 Å². The van der Waals surface area contributed by atoms with Crippen molar-refractivity contribution in [1.29, 1.82) is 0 Å². The summed E-state index contributed by atoms with van der Waals surface area (Å²) in [6, 6.07) is 19.5. The lowest BCUT2D eigenvalue weighted by Gasteiger charge is -2.11. The van der Waals surface area contributed by atoms with Gasteiger partial charge in [0.1, 0.15) is 10.7 Å². The molecule has 2 heterocycles. The molecule has 2 aromatic carbocycles. The molecule has 0 spiro atoms. The van der Waals surface area contributed by atoms with Gasteiger partial charge >= 0.3 is 5.97 Å². The van der Waals surface area contributed by atoms with Crippen molar-refractivity contribution in [2.45, 2.75) is 22.8 Å². The average Bonchev–Trinajstić information content (AvgIpc) is 3.25. The van der Waals surface area contributed by atoms with Crippen molar-refractivity contribution in [2.75, 3.05) is 6.54 Å². The van der Waals surface area contributed by atoms with E-state index in [1.165, 1.54) is 11.8 Å². The first-order valence-electron chi connectivity index (χ1n) is 10.3. The summed E-state index contributed by atoms with van der Waals surface area (Å²) in [6.07, 6.45) is 1.85. The highest BCUT2D eigenvalue weighted by Gasteiger charge is 2.35. The molecule has 0 radical (unpaired) electrons. The van der Waals surface area contributed by atoms with E-state index < -0.39 is 11.9 Å². The number of aromatic nitrogens is 2. The van der Waals surface area contributed by atoms with Crippen LogP contribution in [0.25, 0.3) is 17.3 Å². The highest BCUT2D eigenvalue weighted by atomic mass is 32.2. The molecule has 1 saturated heterocycles. The maximum absolute atomic E-state index is 13.0. The van der Waals surface area contributed by atoms with Crippen molar-refractivity contribution in [1.82, 2.24) is 14.7 Å². The van der Waals surface area contributed by atoms with Crippen LogP contribution in [0, 0.1) is 0 Å². The maximum atomic E-state index is 13.0. The Labute approximate surface area is 199 Å². The summed E-state index contributed by atoms with van der Waals surface area (Å²) in [6.45, 7) is 0.0819. The van der Waals surface area contributed by atoms with Gasteiger partial charge in [-0.3, -0.25) is 24.0 Å².